The van der Waals surface area contributed by atoms with Gasteiger partial charge in [0.1, 0.15) is 13.2 Å². The van der Waals surface area contributed by atoms with Crippen LogP contribution in [0.2, 0.25) is 0 Å². The third-order valence-electron chi connectivity index (χ3n) is 14.8. The van der Waals surface area contributed by atoms with Crippen LogP contribution in [0.4, 0.5) is 0 Å². The van der Waals surface area contributed by atoms with Crippen molar-refractivity contribution in [1.29, 1.82) is 0 Å². The van der Waals surface area contributed by atoms with Crippen LogP contribution in [-0.4, -0.2) is 37.2 Å². The molecule has 0 aliphatic carbocycles. The summed E-state index contributed by atoms with van der Waals surface area (Å²) in [4.78, 5) is 38.4. The summed E-state index contributed by atoms with van der Waals surface area (Å²) in [5.41, 5.74) is 0. The van der Waals surface area contributed by atoms with Crippen LogP contribution in [-0.2, 0) is 28.6 Å². The van der Waals surface area contributed by atoms with Crippen molar-refractivity contribution in [3.05, 3.63) is 48.6 Å². The van der Waals surface area contributed by atoms with Gasteiger partial charge >= 0.3 is 17.9 Å². The molecule has 6 nitrogen and oxygen atoms in total. The topological polar surface area (TPSA) is 78.9 Å². The first kappa shape index (κ1) is 72.4. The van der Waals surface area contributed by atoms with E-state index in [0.29, 0.717) is 19.3 Å². The molecule has 75 heavy (non-hydrogen) atoms. The molecule has 438 valence electrons. The third-order valence-corrected chi connectivity index (χ3v) is 14.8. The molecule has 0 saturated heterocycles. The Morgan fingerprint density at radius 1 is 0.267 bits per heavy atom. The van der Waals surface area contributed by atoms with Crippen molar-refractivity contribution >= 4 is 17.9 Å². The van der Waals surface area contributed by atoms with Gasteiger partial charge in [-0.25, -0.2) is 0 Å². The predicted octanol–water partition coefficient (Wildman–Crippen LogP) is 22.6. The molecule has 0 heterocycles. The fourth-order valence-corrected chi connectivity index (χ4v) is 9.80. The number of carbonyl (C=O) groups excluding carboxylic acids is 3. The Hall–Kier alpha value is -2.63. The average Bonchev–Trinajstić information content (AvgIpc) is 3.41. The number of unbranched alkanes of at least 4 members (excludes halogenated alkanes) is 42. The molecular formula is C69H126O6. The molecule has 0 fully saturated rings. The van der Waals surface area contributed by atoms with Gasteiger partial charge < -0.3 is 14.2 Å². The number of carbonyl (C=O) groups is 3. The minimum atomic E-state index is -0.780. The number of hydrogen-bond acceptors (Lipinski definition) is 6. The molecule has 0 aromatic rings. The zero-order chi connectivity index (χ0) is 54.3. The van der Waals surface area contributed by atoms with Crippen LogP contribution in [0.25, 0.3) is 0 Å². The van der Waals surface area contributed by atoms with Crippen molar-refractivity contribution in [3.63, 3.8) is 0 Å². The van der Waals surface area contributed by atoms with Crippen LogP contribution < -0.4 is 0 Å². The lowest BCUT2D eigenvalue weighted by molar-refractivity contribution is -0.167. The number of esters is 3. The van der Waals surface area contributed by atoms with E-state index in [1.807, 2.05) is 0 Å². The van der Waals surface area contributed by atoms with Gasteiger partial charge in [0.15, 0.2) is 6.10 Å². The van der Waals surface area contributed by atoms with E-state index in [9.17, 15) is 14.4 Å². The van der Waals surface area contributed by atoms with E-state index in [0.717, 1.165) is 83.5 Å². The highest BCUT2D eigenvalue weighted by atomic mass is 16.6. The molecule has 0 spiro atoms. The summed E-state index contributed by atoms with van der Waals surface area (Å²) in [7, 11) is 0. The standard InChI is InChI=1S/C69H126O6/c1-4-7-10-13-16-19-22-25-28-30-32-34-36-38-41-44-47-50-53-56-59-62-68(71)74-65-66(64-73-67(70)61-58-55-52-49-46-43-40-27-24-21-18-15-12-9-6-3)75-69(72)63-60-57-54-51-48-45-42-39-37-35-33-31-29-26-23-20-17-14-11-8-5-2/h18,21-22,25,27,30,32,40,66H,4-17,19-20,23-24,26,28-29,31,33-39,41-65H2,1-3H3/b21-18-,25-22-,32-30-,40-27-. The molecule has 0 radical (unpaired) electrons. The van der Waals surface area contributed by atoms with Gasteiger partial charge in [-0.3, -0.25) is 14.4 Å². The minimum absolute atomic E-state index is 0.0764. The summed E-state index contributed by atoms with van der Waals surface area (Å²) in [6, 6.07) is 0. The van der Waals surface area contributed by atoms with E-state index in [1.165, 1.54) is 231 Å². The fraction of sp³-hybridized carbons (Fsp3) is 0.841. The molecule has 0 aliphatic heterocycles. The molecule has 0 aromatic carbocycles. The molecule has 0 aromatic heterocycles. The predicted molar refractivity (Wildman–Crippen MR) is 325 cm³/mol. The van der Waals surface area contributed by atoms with Crippen molar-refractivity contribution in [2.24, 2.45) is 0 Å². The van der Waals surface area contributed by atoms with E-state index < -0.39 is 6.10 Å². The first-order valence-corrected chi connectivity index (χ1v) is 33.1. The van der Waals surface area contributed by atoms with Gasteiger partial charge in [0, 0.05) is 19.3 Å². The summed E-state index contributed by atoms with van der Waals surface area (Å²) >= 11 is 0. The molecule has 1 unspecified atom stereocenters. The molecule has 1 atom stereocenters. The second kappa shape index (κ2) is 63.9. The second-order valence-corrected chi connectivity index (χ2v) is 22.4. The zero-order valence-corrected chi connectivity index (χ0v) is 50.3. The Bertz CT molecular complexity index is 1300. The highest BCUT2D eigenvalue weighted by Gasteiger charge is 2.19. The minimum Gasteiger partial charge on any atom is -0.462 e. The molecule has 0 saturated carbocycles. The smallest absolute Gasteiger partial charge is 0.306 e. The van der Waals surface area contributed by atoms with Gasteiger partial charge in [0.05, 0.1) is 0 Å². The maximum atomic E-state index is 12.9. The maximum Gasteiger partial charge on any atom is 0.306 e. The molecule has 0 rings (SSSR count). The second-order valence-electron chi connectivity index (χ2n) is 22.4. The van der Waals surface area contributed by atoms with E-state index in [4.69, 9.17) is 14.2 Å². The highest BCUT2D eigenvalue weighted by molar-refractivity contribution is 5.71. The van der Waals surface area contributed by atoms with E-state index >= 15 is 0 Å². The van der Waals surface area contributed by atoms with E-state index in [2.05, 4.69) is 69.4 Å². The van der Waals surface area contributed by atoms with Gasteiger partial charge in [0.25, 0.3) is 0 Å². The fourth-order valence-electron chi connectivity index (χ4n) is 9.80. The Morgan fingerprint density at radius 3 is 0.760 bits per heavy atom. The van der Waals surface area contributed by atoms with Crippen LogP contribution >= 0.6 is 0 Å². The van der Waals surface area contributed by atoms with Crippen LogP contribution in [0.3, 0.4) is 0 Å². The highest BCUT2D eigenvalue weighted by Crippen LogP contribution is 2.17. The van der Waals surface area contributed by atoms with Gasteiger partial charge in [-0.15, -0.1) is 0 Å². The summed E-state index contributed by atoms with van der Waals surface area (Å²) in [5, 5.41) is 0. The first-order valence-electron chi connectivity index (χ1n) is 33.1. The first-order chi connectivity index (χ1) is 37.0. The SMILES string of the molecule is CCCCC/C=C\C/C=C\CCCCCCCC(=O)OCC(COC(=O)CCCCCCCCCCC/C=C\C/C=C\CCCCCCC)OC(=O)CCCCCCCCCCCCCCCCCCCCCCC. The third kappa shape index (κ3) is 62.1. The van der Waals surface area contributed by atoms with Crippen molar-refractivity contribution < 1.29 is 28.6 Å². The average molecular weight is 1050 g/mol. The van der Waals surface area contributed by atoms with Crippen molar-refractivity contribution in [2.75, 3.05) is 13.2 Å². The Kier molecular flexibility index (Phi) is 61.7. The lowest BCUT2D eigenvalue weighted by Gasteiger charge is -2.18. The monoisotopic (exact) mass is 1050 g/mol. The lowest BCUT2D eigenvalue weighted by Crippen LogP contribution is -2.30. The normalized spacial score (nSPS) is 12.3. The van der Waals surface area contributed by atoms with Crippen LogP contribution in [0.5, 0.6) is 0 Å². The number of hydrogen-bond donors (Lipinski definition) is 0. The molecule has 6 heteroatoms. The lowest BCUT2D eigenvalue weighted by atomic mass is 10.0. The summed E-state index contributed by atoms with van der Waals surface area (Å²) in [5.74, 6) is -0.871. The van der Waals surface area contributed by atoms with Gasteiger partial charge in [-0.1, -0.05) is 301 Å². The number of allylic oxidation sites excluding steroid dienone is 8. The quantitative estimate of drug-likeness (QED) is 0.0261. The number of ether oxygens (including phenoxy) is 3. The Balaban J connectivity index is 4.33. The molecule has 0 aliphatic rings. The maximum absolute atomic E-state index is 12.9. The van der Waals surface area contributed by atoms with Crippen LogP contribution in [0.1, 0.15) is 355 Å². The van der Waals surface area contributed by atoms with Gasteiger partial charge in [-0.05, 0) is 83.5 Å². The summed E-state index contributed by atoms with van der Waals surface area (Å²) in [6.45, 7) is 6.65. The Morgan fingerprint density at radius 2 is 0.480 bits per heavy atom. The van der Waals surface area contributed by atoms with Crippen molar-refractivity contribution in [1.82, 2.24) is 0 Å². The van der Waals surface area contributed by atoms with Gasteiger partial charge in [-0.2, -0.15) is 0 Å². The van der Waals surface area contributed by atoms with Crippen LogP contribution in [0, 0.1) is 0 Å². The van der Waals surface area contributed by atoms with Crippen molar-refractivity contribution in [2.45, 2.75) is 361 Å². The molecule has 0 amide bonds. The Labute approximate surface area is 467 Å². The van der Waals surface area contributed by atoms with Crippen molar-refractivity contribution in [3.8, 4) is 0 Å². The summed E-state index contributed by atoms with van der Waals surface area (Å²) in [6.07, 6.45) is 79.7. The molecular weight excluding hydrogens is 925 g/mol. The van der Waals surface area contributed by atoms with E-state index in [-0.39, 0.29) is 31.1 Å². The number of rotatable bonds is 61. The van der Waals surface area contributed by atoms with E-state index in [1.54, 1.807) is 0 Å². The molecule has 0 N–H and O–H groups in total. The largest absolute Gasteiger partial charge is 0.462 e. The molecule has 0 bridgehead atoms. The van der Waals surface area contributed by atoms with Gasteiger partial charge in [0.2, 0.25) is 0 Å². The summed E-state index contributed by atoms with van der Waals surface area (Å²) < 4.78 is 17.0. The zero-order valence-electron chi connectivity index (χ0n) is 50.3. The van der Waals surface area contributed by atoms with Crippen LogP contribution in [0.15, 0.2) is 48.6 Å².